The average molecular weight is 444 g/mol. The van der Waals surface area contributed by atoms with Gasteiger partial charge < -0.3 is 38.7 Å². The summed E-state index contributed by atoms with van der Waals surface area (Å²) >= 11 is 0. The minimum atomic E-state index is -1.22. The van der Waals surface area contributed by atoms with Crippen molar-refractivity contribution < 1.29 is 38.7 Å². The first-order valence-corrected chi connectivity index (χ1v) is 9.98. The van der Waals surface area contributed by atoms with Crippen LogP contribution in [0.15, 0.2) is 51.9 Å². The van der Waals surface area contributed by atoms with E-state index in [9.17, 15) is 20.1 Å². The highest BCUT2D eigenvalue weighted by molar-refractivity contribution is 5.84. The molecule has 2 aromatic carbocycles. The van der Waals surface area contributed by atoms with Crippen LogP contribution in [0.25, 0.3) is 22.1 Å². The van der Waals surface area contributed by atoms with E-state index in [0.717, 1.165) is 0 Å². The molecular weight excluding hydrogens is 420 g/mol. The molecule has 1 aliphatic rings. The zero-order chi connectivity index (χ0) is 23.0. The number of rotatable bonds is 5. The smallest absolute Gasteiger partial charge is 0.229 e. The Labute approximate surface area is 183 Å². The molecule has 0 spiro atoms. The van der Waals surface area contributed by atoms with Gasteiger partial charge in [0.15, 0.2) is 11.5 Å². The van der Waals surface area contributed by atoms with Gasteiger partial charge in [-0.05, 0) is 30.7 Å². The van der Waals surface area contributed by atoms with Crippen LogP contribution in [0.4, 0.5) is 0 Å². The summed E-state index contributed by atoms with van der Waals surface area (Å²) in [5.74, 6) is 0.552. The maximum Gasteiger partial charge on any atom is 0.229 e. The molecule has 1 aliphatic heterocycles. The van der Waals surface area contributed by atoms with Crippen molar-refractivity contribution in [3.8, 4) is 28.4 Å². The van der Waals surface area contributed by atoms with Crippen LogP contribution < -0.4 is 14.9 Å². The fraction of sp³-hybridized carbons (Fsp3) is 0.348. The Morgan fingerprint density at radius 3 is 2.38 bits per heavy atom. The largest absolute Gasteiger partial charge is 0.508 e. The van der Waals surface area contributed by atoms with Gasteiger partial charge in [-0.25, -0.2) is 0 Å². The van der Waals surface area contributed by atoms with Crippen LogP contribution >= 0.6 is 0 Å². The maximum absolute atomic E-state index is 13.1. The molecule has 3 N–H and O–H groups in total. The summed E-state index contributed by atoms with van der Waals surface area (Å²) in [5, 5.41) is 30.1. The fourth-order valence-electron chi connectivity index (χ4n) is 3.70. The molecule has 1 fully saturated rings. The lowest BCUT2D eigenvalue weighted by molar-refractivity contribution is -0.274. The number of phenols is 1. The Balaban J connectivity index is 1.72. The molecule has 170 valence electrons. The SMILES string of the molecule is COc1cc2c(=O)c(-c3ccc(O)cc3)coc2cc1O[C@@H]1O[C@@H](C)[C@H](O)[C@@H](O)[C@@H]1OC. The highest BCUT2D eigenvalue weighted by atomic mass is 16.7. The first kappa shape index (κ1) is 22.1. The van der Waals surface area contributed by atoms with Crippen molar-refractivity contribution in [3.63, 3.8) is 0 Å². The molecule has 0 saturated carbocycles. The van der Waals surface area contributed by atoms with Crippen LogP contribution in [0, 0.1) is 0 Å². The van der Waals surface area contributed by atoms with E-state index >= 15 is 0 Å². The molecule has 1 aromatic heterocycles. The van der Waals surface area contributed by atoms with Crippen molar-refractivity contribution >= 4 is 11.0 Å². The molecule has 4 rings (SSSR count). The minimum absolute atomic E-state index is 0.0913. The van der Waals surface area contributed by atoms with E-state index in [4.69, 9.17) is 23.4 Å². The van der Waals surface area contributed by atoms with Crippen LogP contribution in [0.3, 0.4) is 0 Å². The number of benzene rings is 2. The topological polar surface area (TPSA) is 128 Å². The molecule has 32 heavy (non-hydrogen) atoms. The van der Waals surface area contributed by atoms with Crippen LogP contribution in [0.1, 0.15) is 6.92 Å². The third kappa shape index (κ3) is 3.91. The second-order valence-corrected chi connectivity index (χ2v) is 7.53. The highest BCUT2D eigenvalue weighted by Crippen LogP contribution is 2.35. The second kappa shape index (κ2) is 8.79. The van der Waals surface area contributed by atoms with E-state index in [1.165, 1.54) is 44.7 Å². The van der Waals surface area contributed by atoms with Gasteiger partial charge in [-0.15, -0.1) is 0 Å². The van der Waals surface area contributed by atoms with Crippen molar-refractivity contribution in [2.75, 3.05) is 14.2 Å². The van der Waals surface area contributed by atoms with Crippen molar-refractivity contribution in [3.05, 3.63) is 52.9 Å². The number of fused-ring (bicyclic) bond motifs is 1. The van der Waals surface area contributed by atoms with Gasteiger partial charge in [0.2, 0.25) is 11.7 Å². The van der Waals surface area contributed by atoms with Crippen molar-refractivity contribution in [1.82, 2.24) is 0 Å². The number of aromatic hydroxyl groups is 1. The number of aliphatic hydroxyl groups excluding tert-OH is 2. The normalized spacial score (nSPS) is 25.6. The summed E-state index contributed by atoms with van der Waals surface area (Å²) in [6.07, 6.45) is -3.70. The third-order valence-electron chi connectivity index (χ3n) is 5.54. The van der Waals surface area contributed by atoms with E-state index in [0.29, 0.717) is 11.1 Å². The Bertz CT molecular complexity index is 1150. The van der Waals surface area contributed by atoms with Crippen LogP contribution in [0.2, 0.25) is 0 Å². The van der Waals surface area contributed by atoms with Gasteiger partial charge >= 0.3 is 0 Å². The molecule has 3 aromatic rings. The van der Waals surface area contributed by atoms with Crippen molar-refractivity contribution in [2.45, 2.75) is 37.6 Å². The molecule has 1 saturated heterocycles. The summed E-state index contributed by atoms with van der Waals surface area (Å²) in [6, 6.07) is 9.20. The standard InChI is InChI=1S/C23H24O9/c1-11-19(25)21(27)22(29-3)23(31-11)32-18-9-16-14(8-17(18)28-2)20(26)15(10-30-16)12-4-6-13(24)7-5-12/h4-11,19,21-25,27H,1-3H3/t11-,19-,21+,22-,23-/m0/s1. The van der Waals surface area contributed by atoms with Gasteiger partial charge in [0.05, 0.1) is 24.2 Å². The molecule has 0 bridgehead atoms. The maximum atomic E-state index is 13.1. The monoisotopic (exact) mass is 444 g/mol. The van der Waals surface area contributed by atoms with E-state index in [1.54, 1.807) is 19.1 Å². The number of aliphatic hydroxyl groups is 2. The molecule has 5 atom stereocenters. The number of hydrogen-bond acceptors (Lipinski definition) is 9. The van der Waals surface area contributed by atoms with E-state index in [2.05, 4.69) is 0 Å². The molecule has 0 amide bonds. The van der Waals surface area contributed by atoms with E-state index in [-0.39, 0.29) is 33.6 Å². The van der Waals surface area contributed by atoms with Gasteiger partial charge in [0.1, 0.15) is 35.9 Å². The number of ether oxygens (including phenoxy) is 4. The Kier molecular flexibility index (Phi) is 6.07. The molecule has 0 unspecified atom stereocenters. The van der Waals surface area contributed by atoms with Crippen molar-refractivity contribution in [1.29, 1.82) is 0 Å². The van der Waals surface area contributed by atoms with Gasteiger partial charge in [-0.1, -0.05) is 12.1 Å². The predicted molar refractivity (Wildman–Crippen MR) is 114 cm³/mol. The average Bonchev–Trinajstić information content (AvgIpc) is 2.78. The molecule has 9 nitrogen and oxygen atoms in total. The lowest BCUT2D eigenvalue weighted by Crippen LogP contribution is -2.59. The molecule has 2 heterocycles. The highest BCUT2D eigenvalue weighted by Gasteiger charge is 2.44. The Morgan fingerprint density at radius 2 is 1.72 bits per heavy atom. The van der Waals surface area contributed by atoms with Crippen LogP contribution in [0.5, 0.6) is 17.2 Å². The lowest BCUT2D eigenvalue weighted by Gasteiger charge is -2.40. The van der Waals surface area contributed by atoms with Crippen molar-refractivity contribution in [2.24, 2.45) is 0 Å². The Hall–Kier alpha value is -3.11. The number of phenolic OH excluding ortho intramolecular Hbond substituents is 1. The first-order chi connectivity index (χ1) is 15.3. The summed E-state index contributed by atoms with van der Waals surface area (Å²) in [7, 11) is 2.80. The number of hydrogen-bond donors (Lipinski definition) is 3. The second-order valence-electron chi connectivity index (χ2n) is 7.53. The predicted octanol–water partition coefficient (Wildman–Crippen LogP) is 2.03. The van der Waals surface area contributed by atoms with Crippen LogP contribution in [-0.2, 0) is 9.47 Å². The molecular formula is C23H24O9. The molecule has 0 radical (unpaired) electrons. The first-order valence-electron chi connectivity index (χ1n) is 9.98. The number of methoxy groups -OCH3 is 2. The molecule has 0 aliphatic carbocycles. The van der Waals surface area contributed by atoms with Gasteiger partial charge in [-0.2, -0.15) is 0 Å². The zero-order valence-corrected chi connectivity index (χ0v) is 17.7. The lowest BCUT2D eigenvalue weighted by atomic mass is 10.00. The fourth-order valence-corrected chi connectivity index (χ4v) is 3.70. The zero-order valence-electron chi connectivity index (χ0n) is 17.7. The van der Waals surface area contributed by atoms with Gasteiger partial charge in [0.25, 0.3) is 0 Å². The molecule has 9 heteroatoms. The summed E-state index contributed by atoms with van der Waals surface area (Å²) in [4.78, 5) is 13.1. The third-order valence-corrected chi connectivity index (χ3v) is 5.54. The quantitative estimate of drug-likeness (QED) is 0.541. The Morgan fingerprint density at radius 1 is 1.00 bits per heavy atom. The summed E-state index contributed by atoms with van der Waals surface area (Å²) in [6.45, 7) is 1.61. The van der Waals surface area contributed by atoms with Crippen LogP contribution in [-0.4, -0.2) is 60.2 Å². The van der Waals surface area contributed by atoms with Gasteiger partial charge in [-0.3, -0.25) is 4.79 Å². The van der Waals surface area contributed by atoms with Gasteiger partial charge in [0, 0.05) is 13.2 Å². The summed E-state index contributed by atoms with van der Waals surface area (Å²) in [5.41, 5.74) is 0.899. The summed E-state index contributed by atoms with van der Waals surface area (Å²) < 4.78 is 28.0. The van der Waals surface area contributed by atoms with E-state index in [1.807, 2.05) is 0 Å². The minimum Gasteiger partial charge on any atom is -0.508 e. The van der Waals surface area contributed by atoms with E-state index < -0.39 is 30.7 Å².